The second-order valence-corrected chi connectivity index (χ2v) is 5.34. The number of nitrogens with one attached hydrogen (secondary N) is 2. The van der Waals surface area contributed by atoms with Gasteiger partial charge in [0.1, 0.15) is 5.82 Å². The molecule has 4 nitrogen and oxygen atoms in total. The van der Waals surface area contributed by atoms with Crippen molar-refractivity contribution < 1.29 is 14.0 Å². The van der Waals surface area contributed by atoms with Gasteiger partial charge in [-0.05, 0) is 47.0 Å². The molecule has 2 amide bonds. The largest absolute Gasteiger partial charge is 0.326 e. The average molecular weight is 306 g/mol. The van der Waals surface area contributed by atoms with Crippen molar-refractivity contribution in [1.82, 2.24) is 0 Å². The number of aryl methyl sites for hydroxylation is 1. The topological polar surface area (TPSA) is 58.2 Å². The third kappa shape index (κ3) is 4.68. The molecule has 0 spiro atoms. The van der Waals surface area contributed by atoms with E-state index >= 15 is 0 Å². The summed E-state index contributed by atoms with van der Waals surface area (Å²) in [4.78, 5) is 22.8. The minimum Gasteiger partial charge on any atom is -0.326 e. The summed E-state index contributed by atoms with van der Waals surface area (Å²) in [5.41, 5.74) is 1.59. The van der Waals surface area contributed by atoms with Crippen LogP contribution in [0.15, 0.2) is 35.0 Å². The van der Waals surface area contributed by atoms with E-state index in [-0.39, 0.29) is 23.9 Å². The Morgan fingerprint density at radius 2 is 2.05 bits per heavy atom. The normalized spacial score (nSPS) is 10.2. The van der Waals surface area contributed by atoms with Crippen LogP contribution in [0.3, 0.4) is 0 Å². The molecule has 0 aliphatic heterocycles. The summed E-state index contributed by atoms with van der Waals surface area (Å²) in [5.74, 6) is -1.05. The second kappa shape index (κ2) is 6.99. The van der Waals surface area contributed by atoms with Gasteiger partial charge in [0.2, 0.25) is 11.8 Å². The van der Waals surface area contributed by atoms with E-state index in [2.05, 4.69) is 10.6 Å². The van der Waals surface area contributed by atoms with Crippen molar-refractivity contribution >= 4 is 34.5 Å². The van der Waals surface area contributed by atoms with E-state index in [1.165, 1.54) is 25.1 Å². The van der Waals surface area contributed by atoms with E-state index in [0.29, 0.717) is 12.1 Å². The van der Waals surface area contributed by atoms with Crippen LogP contribution in [0.4, 0.5) is 15.8 Å². The molecule has 2 rings (SSSR count). The van der Waals surface area contributed by atoms with Gasteiger partial charge in [-0.25, -0.2) is 4.39 Å². The molecule has 2 aromatic rings. The predicted molar refractivity (Wildman–Crippen MR) is 82.0 cm³/mol. The number of carbonyl (C=O) groups is 2. The quantitative estimate of drug-likeness (QED) is 0.889. The number of anilines is 2. The van der Waals surface area contributed by atoms with Gasteiger partial charge in [0.25, 0.3) is 0 Å². The van der Waals surface area contributed by atoms with Gasteiger partial charge in [-0.3, -0.25) is 9.59 Å². The fraction of sp³-hybridized carbons (Fsp3) is 0.200. The Hall–Kier alpha value is -2.21. The van der Waals surface area contributed by atoms with Gasteiger partial charge in [-0.15, -0.1) is 0 Å². The molecule has 0 aliphatic carbocycles. The van der Waals surface area contributed by atoms with Gasteiger partial charge in [0, 0.05) is 19.0 Å². The maximum Gasteiger partial charge on any atom is 0.224 e. The highest BCUT2D eigenvalue weighted by molar-refractivity contribution is 7.07. The molecule has 0 bridgehead atoms. The van der Waals surface area contributed by atoms with E-state index in [4.69, 9.17) is 0 Å². The molecule has 0 saturated carbocycles. The van der Waals surface area contributed by atoms with Crippen molar-refractivity contribution in [3.63, 3.8) is 0 Å². The smallest absolute Gasteiger partial charge is 0.224 e. The van der Waals surface area contributed by atoms with E-state index in [1.54, 1.807) is 11.3 Å². The zero-order chi connectivity index (χ0) is 15.2. The average Bonchev–Trinajstić information content (AvgIpc) is 2.93. The van der Waals surface area contributed by atoms with Crippen LogP contribution in [-0.4, -0.2) is 11.8 Å². The summed E-state index contributed by atoms with van der Waals surface area (Å²) in [6.45, 7) is 1.36. The summed E-state index contributed by atoms with van der Waals surface area (Å²) in [6.07, 6.45) is 0.892. The Bertz CT molecular complexity index is 641. The molecule has 0 unspecified atom stereocenters. The summed E-state index contributed by atoms with van der Waals surface area (Å²) in [5, 5.41) is 8.99. The number of hydrogen-bond donors (Lipinski definition) is 2. The van der Waals surface area contributed by atoms with Crippen molar-refractivity contribution in [3.8, 4) is 0 Å². The molecular formula is C15H15FN2O2S. The van der Waals surface area contributed by atoms with E-state index < -0.39 is 5.82 Å². The molecule has 2 N–H and O–H groups in total. The molecule has 1 aromatic heterocycles. The lowest BCUT2D eigenvalue weighted by Crippen LogP contribution is -2.14. The van der Waals surface area contributed by atoms with Crippen LogP contribution in [0.5, 0.6) is 0 Å². The fourth-order valence-corrected chi connectivity index (χ4v) is 2.51. The SMILES string of the molecule is CC(=O)Nc1ccc(F)c(NC(=O)CCc2ccsc2)c1. The number of amides is 2. The zero-order valence-corrected chi connectivity index (χ0v) is 12.3. The molecule has 21 heavy (non-hydrogen) atoms. The Labute approximate surface area is 126 Å². The molecular weight excluding hydrogens is 291 g/mol. The number of thiophene rings is 1. The van der Waals surface area contributed by atoms with Gasteiger partial charge >= 0.3 is 0 Å². The minimum absolute atomic E-state index is 0.0663. The summed E-state index contributed by atoms with van der Waals surface area (Å²) >= 11 is 1.57. The number of benzene rings is 1. The Balaban J connectivity index is 1.97. The van der Waals surface area contributed by atoms with Gasteiger partial charge in [-0.2, -0.15) is 11.3 Å². The van der Waals surface area contributed by atoms with Gasteiger partial charge in [0.15, 0.2) is 0 Å². The maximum absolute atomic E-state index is 13.7. The third-order valence-electron chi connectivity index (χ3n) is 2.78. The van der Waals surface area contributed by atoms with Crippen LogP contribution >= 0.6 is 11.3 Å². The predicted octanol–water partition coefficient (Wildman–Crippen LogP) is 3.42. The van der Waals surface area contributed by atoms with E-state index in [1.807, 2.05) is 16.8 Å². The highest BCUT2D eigenvalue weighted by atomic mass is 32.1. The Morgan fingerprint density at radius 1 is 1.24 bits per heavy atom. The number of hydrogen-bond acceptors (Lipinski definition) is 3. The number of rotatable bonds is 5. The first kappa shape index (κ1) is 15.2. The lowest BCUT2D eigenvalue weighted by molar-refractivity contribution is -0.116. The third-order valence-corrected chi connectivity index (χ3v) is 3.51. The van der Waals surface area contributed by atoms with Crippen LogP contribution < -0.4 is 10.6 Å². The van der Waals surface area contributed by atoms with Gasteiger partial charge in [-0.1, -0.05) is 0 Å². The van der Waals surface area contributed by atoms with Crippen LogP contribution in [-0.2, 0) is 16.0 Å². The number of carbonyl (C=O) groups excluding carboxylic acids is 2. The monoisotopic (exact) mass is 306 g/mol. The molecule has 0 fully saturated rings. The van der Waals surface area contributed by atoms with Crippen molar-refractivity contribution in [2.45, 2.75) is 19.8 Å². The second-order valence-electron chi connectivity index (χ2n) is 4.56. The lowest BCUT2D eigenvalue weighted by Gasteiger charge is -2.09. The van der Waals surface area contributed by atoms with Crippen molar-refractivity contribution in [3.05, 3.63) is 46.4 Å². The van der Waals surface area contributed by atoms with Crippen molar-refractivity contribution in [2.75, 3.05) is 10.6 Å². The highest BCUT2D eigenvalue weighted by Crippen LogP contribution is 2.20. The van der Waals surface area contributed by atoms with Crippen LogP contribution in [0.2, 0.25) is 0 Å². The van der Waals surface area contributed by atoms with Crippen molar-refractivity contribution in [1.29, 1.82) is 0 Å². The van der Waals surface area contributed by atoms with Gasteiger partial charge in [0.05, 0.1) is 5.69 Å². The van der Waals surface area contributed by atoms with Crippen LogP contribution in [0.1, 0.15) is 18.9 Å². The summed E-state index contributed by atoms with van der Waals surface area (Å²) in [7, 11) is 0. The molecule has 0 atom stereocenters. The zero-order valence-electron chi connectivity index (χ0n) is 11.5. The number of halogens is 1. The molecule has 6 heteroatoms. The standard InChI is InChI=1S/C15H15FN2O2S/c1-10(19)17-12-3-4-13(16)14(8-12)18-15(20)5-2-11-6-7-21-9-11/h3-4,6-9H,2,5H2,1H3,(H,17,19)(H,18,20). The molecule has 0 saturated heterocycles. The minimum atomic E-state index is -0.534. The summed E-state index contributed by atoms with van der Waals surface area (Å²) in [6, 6.07) is 6.01. The lowest BCUT2D eigenvalue weighted by atomic mass is 10.2. The van der Waals surface area contributed by atoms with Crippen LogP contribution in [0.25, 0.3) is 0 Å². The summed E-state index contributed by atoms with van der Waals surface area (Å²) < 4.78 is 13.7. The van der Waals surface area contributed by atoms with Crippen LogP contribution in [0, 0.1) is 5.82 Å². The van der Waals surface area contributed by atoms with E-state index in [0.717, 1.165) is 5.56 Å². The Kier molecular flexibility index (Phi) is 5.05. The molecule has 1 aromatic carbocycles. The fourth-order valence-electron chi connectivity index (χ4n) is 1.81. The molecule has 0 aliphatic rings. The molecule has 0 radical (unpaired) electrons. The van der Waals surface area contributed by atoms with E-state index in [9.17, 15) is 14.0 Å². The molecule has 110 valence electrons. The maximum atomic E-state index is 13.7. The molecule has 1 heterocycles. The highest BCUT2D eigenvalue weighted by Gasteiger charge is 2.09. The van der Waals surface area contributed by atoms with Gasteiger partial charge < -0.3 is 10.6 Å². The van der Waals surface area contributed by atoms with Crippen molar-refractivity contribution in [2.24, 2.45) is 0 Å². The Morgan fingerprint density at radius 3 is 2.71 bits per heavy atom. The first-order valence-electron chi connectivity index (χ1n) is 6.42. The first-order chi connectivity index (χ1) is 10.0. The first-order valence-corrected chi connectivity index (χ1v) is 7.37.